The van der Waals surface area contributed by atoms with Crippen LogP contribution in [0.25, 0.3) is 0 Å². The van der Waals surface area contributed by atoms with Gasteiger partial charge in [0, 0.05) is 6.54 Å². The molecule has 1 fully saturated rings. The average Bonchev–Trinajstić information content (AvgIpc) is 3.19. The first-order valence-electron chi connectivity index (χ1n) is 5.85. The Morgan fingerprint density at radius 2 is 2.16 bits per heavy atom. The minimum Gasteiger partial charge on any atom is -0.495 e. The molecule has 0 amide bonds. The number of benzene rings is 1. The second-order valence-electron chi connectivity index (χ2n) is 4.47. The van der Waals surface area contributed by atoms with Crippen LogP contribution in [0.4, 0.5) is 0 Å². The van der Waals surface area contributed by atoms with E-state index in [0.29, 0.717) is 12.5 Å². The molecule has 0 unspecified atom stereocenters. The number of hydrogen-bond acceptors (Lipinski definition) is 4. The lowest BCUT2D eigenvalue weighted by Crippen LogP contribution is -2.26. The standard InChI is InChI=1S/C12H15NO5S/c1-18-10-6-9(12(14)15)4-5-11(10)19(16,17)13-7-8-2-3-8/h4-6,8,13H,2-3,7H2,1H3,(H,14,15). The number of sulfonamides is 1. The van der Waals surface area contributed by atoms with Crippen molar-refractivity contribution < 1.29 is 23.1 Å². The van der Waals surface area contributed by atoms with Crippen LogP contribution in [0.5, 0.6) is 5.75 Å². The molecule has 2 rings (SSSR count). The van der Waals surface area contributed by atoms with Crippen LogP contribution in [-0.4, -0.2) is 33.1 Å². The number of hydrogen-bond donors (Lipinski definition) is 2. The van der Waals surface area contributed by atoms with Gasteiger partial charge in [-0.3, -0.25) is 0 Å². The van der Waals surface area contributed by atoms with Crippen LogP contribution in [-0.2, 0) is 10.0 Å². The van der Waals surface area contributed by atoms with E-state index in [1.807, 2.05) is 0 Å². The van der Waals surface area contributed by atoms with E-state index >= 15 is 0 Å². The van der Waals surface area contributed by atoms with E-state index in [2.05, 4.69) is 4.72 Å². The molecule has 0 atom stereocenters. The minimum absolute atomic E-state index is 0.0157. The number of methoxy groups -OCH3 is 1. The topological polar surface area (TPSA) is 92.7 Å². The molecule has 1 aromatic rings. The maximum Gasteiger partial charge on any atom is 0.335 e. The van der Waals surface area contributed by atoms with E-state index in [0.717, 1.165) is 12.8 Å². The monoisotopic (exact) mass is 285 g/mol. The Morgan fingerprint density at radius 1 is 1.47 bits per heavy atom. The largest absolute Gasteiger partial charge is 0.495 e. The van der Waals surface area contributed by atoms with E-state index in [1.165, 1.54) is 25.3 Å². The van der Waals surface area contributed by atoms with Gasteiger partial charge in [0.2, 0.25) is 10.0 Å². The van der Waals surface area contributed by atoms with Gasteiger partial charge in [-0.05, 0) is 37.0 Å². The van der Waals surface area contributed by atoms with Gasteiger partial charge in [-0.25, -0.2) is 17.9 Å². The van der Waals surface area contributed by atoms with Crippen LogP contribution in [0.1, 0.15) is 23.2 Å². The molecule has 0 spiro atoms. The molecule has 104 valence electrons. The van der Waals surface area contributed by atoms with Gasteiger partial charge < -0.3 is 9.84 Å². The van der Waals surface area contributed by atoms with Gasteiger partial charge >= 0.3 is 5.97 Å². The number of aromatic carboxylic acids is 1. The molecule has 1 aromatic carbocycles. The van der Waals surface area contributed by atoms with Crippen LogP contribution in [0.2, 0.25) is 0 Å². The van der Waals surface area contributed by atoms with Crippen molar-refractivity contribution in [2.75, 3.05) is 13.7 Å². The van der Waals surface area contributed by atoms with Crippen molar-refractivity contribution >= 4 is 16.0 Å². The van der Waals surface area contributed by atoms with E-state index in [9.17, 15) is 13.2 Å². The number of rotatable bonds is 6. The zero-order chi connectivity index (χ0) is 14.0. The van der Waals surface area contributed by atoms with Crippen molar-refractivity contribution in [2.24, 2.45) is 5.92 Å². The Morgan fingerprint density at radius 3 is 2.68 bits per heavy atom. The fraction of sp³-hybridized carbons (Fsp3) is 0.417. The van der Waals surface area contributed by atoms with Crippen LogP contribution in [0, 0.1) is 5.92 Å². The van der Waals surface area contributed by atoms with Crippen molar-refractivity contribution in [1.82, 2.24) is 4.72 Å². The van der Waals surface area contributed by atoms with Crippen molar-refractivity contribution in [3.63, 3.8) is 0 Å². The molecule has 7 heteroatoms. The Labute approximate surface area is 111 Å². The van der Waals surface area contributed by atoms with Crippen molar-refractivity contribution in [3.05, 3.63) is 23.8 Å². The van der Waals surface area contributed by atoms with Gasteiger partial charge in [-0.15, -0.1) is 0 Å². The molecular formula is C12H15NO5S. The van der Waals surface area contributed by atoms with Gasteiger partial charge in [-0.2, -0.15) is 0 Å². The lowest BCUT2D eigenvalue weighted by molar-refractivity contribution is 0.0696. The maximum atomic E-state index is 12.1. The van der Waals surface area contributed by atoms with Gasteiger partial charge in [-0.1, -0.05) is 0 Å². The summed E-state index contributed by atoms with van der Waals surface area (Å²) in [5.41, 5.74) is -0.0157. The SMILES string of the molecule is COc1cc(C(=O)O)ccc1S(=O)(=O)NCC1CC1. The third-order valence-corrected chi connectivity index (χ3v) is 4.42. The smallest absolute Gasteiger partial charge is 0.335 e. The van der Waals surface area contributed by atoms with Crippen molar-refractivity contribution in [3.8, 4) is 5.75 Å². The Bertz CT molecular complexity index is 592. The summed E-state index contributed by atoms with van der Waals surface area (Å²) in [4.78, 5) is 10.8. The Kier molecular flexibility index (Phi) is 3.77. The molecule has 0 bridgehead atoms. The molecule has 0 heterocycles. The molecule has 2 N–H and O–H groups in total. The summed E-state index contributed by atoms with van der Waals surface area (Å²) in [5.74, 6) is -0.685. The summed E-state index contributed by atoms with van der Waals surface area (Å²) in [5, 5.41) is 8.86. The quantitative estimate of drug-likeness (QED) is 0.816. The Hall–Kier alpha value is -1.60. The molecule has 1 aliphatic rings. The number of ether oxygens (including phenoxy) is 1. The fourth-order valence-electron chi connectivity index (χ4n) is 1.65. The molecule has 19 heavy (non-hydrogen) atoms. The third kappa shape index (κ3) is 3.24. The van der Waals surface area contributed by atoms with E-state index in [1.54, 1.807) is 0 Å². The summed E-state index contributed by atoms with van der Waals surface area (Å²) in [6, 6.07) is 3.70. The predicted molar refractivity (Wildman–Crippen MR) is 67.9 cm³/mol. The first kappa shape index (κ1) is 13.8. The summed E-state index contributed by atoms with van der Waals surface area (Å²) < 4.78 is 31.6. The molecule has 1 aliphatic carbocycles. The number of carbonyl (C=O) groups is 1. The predicted octanol–water partition coefficient (Wildman–Crippen LogP) is 1.08. The zero-order valence-electron chi connectivity index (χ0n) is 10.4. The molecular weight excluding hydrogens is 270 g/mol. The first-order valence-corrected chi connectivity index (χ1v) is 7.33. The van der Waals surface area contributed by atoms with Crippen LogP contribution in [0.15, 0.2) is 23.1 Å². The van der Waals surface area contributed by atoms with E-state index in [4.69, 9.17) is 9.84 Å². The molecule has 0 radical (unpaired) electrons. The lowest BCUT2D eigenvalue weighted by atomic mass is 10.2. The lowest BCUT2D eigenvalue weighted by Gasteiger charge is -2.11. The molecule has 6 nitrogen and oxygen atoms in total. The van der Waals surface area contributed by atoms with Crippen LogP contribution in [0.3, 0.4) is 0 Å². The molecule has 1 saturated carbocycles. The van der Waals surface area contributed by atoms with Gasteiger partial charge in [0.05, 0.1) is 12.7 Å². The van der Waals surface area contributed by atoms with Crippen molar-refractivity contribution in [1.29, 1.82) is 0 Å². The summed E-state index contributed by atoms with van der Waals surface area (Å²) in [7, 11) is -2.36. The van der Waals surface area contributed by atoms with Gasteiger partial charge in [0.1, 0.15) is 10.6 Å². The Balaban J connectivity index is 2.29. The normalized spacial score (nSPS) is 15.2. The number of carboxylic acid groups (broad SMARTS) is 1. The summed E-state index contributed by atoms with van der Waals surface area (Å²) in [6.07, 6.45) is 2.08. The third-order valence-electron chi connectivity index (χ3n) is 2.96. The van der Waals surface area contributed by atoms with Crippen LogP contribution >= 0.6 is 0 Å². The molecule has 0 aromatic heterocycles. The second kappa shape index (κ2) is 5.18. The minimum atomic E-state index is -3.67. The number of nitrogens with one attached hydrogen (secondary N) is 1. The average molecular weight is 285 g/mol. The molecule has 0 saturated heterocycles. The maximum absolute atomic E-state index is 12.1. The van der Waals surface area contributed by atoms with E-state index in [-0.39, 0.29) is 16.2 Å². The highest BCUT2D eigenvalue weighted by Gasteiger charge is 2.26. The zero-order valence-corrected chi connectivity index (χ0v) is 11.2. The number of carboxylic acids is 1. The fourth-order valence-corrected chi connectivity index (χ4v) is 2.91. The summed E-state index contributed by atoms with van der Waals surface area (Å²) >= 11 is 0. The van der Waals surface area contributed by atoms with Crippen LogP contribution < -0.4 is 9.46 Å². The second-order valence-corrected chi connectivity index (χ2v) is 6.20. The van der Waals surface area contributed by atoms with Gasteiger partial charge in [0.15, 0.2) is 0 Å². The first-order chi connectivity index (χ1) is 8.94. The highest BCUT2D eigenvalue weighted by molar-refractivity contribution is 7.89. The van der Waals surface area contributed by atoms with Crippen molar-refractivity contribution in [2.45, 2.75) is 17.7 Å². The van der Waals surface area contributed by atoms with Gasteiger partial charge in [0.25, 0.3) is 0 Å². The highest BCUT2D eigenvalue weighted by Crippen LogP contribution is 2.29. The molecule has 0 aliphatic heterocycles. The van der Waals surface area contributed by atoms with E-state index < -0.39 is 16.0 Å². The summed E-state index contributed by atoms with van der Waals surface area (Å²) in [6.45, 7) is 0.409. The highest BCUT2D eigenvalue weighted by atomic mass is 32.2.